The number of rotatable bonds is 4. The van der Waals surface area contributed by atoms with Gasteiger partial charge in [0, 0.05) is 6.04 Å². The molecule has 0 fully saturated rings. The first kappa shape index (κ1) is 14.6. The molecule has 0 spiro atoms. The fraction of sp³-hybridized carbons (Fsp3) is 0.273. The number of carboxylic acid groups (broad SMARTS) is 1. The number of H-pyrrole nitrogens is 1. The van der Waals surface area contributed by atoms with Crippen molar-refractivity contribution < 1.29 is 9.90 Å². The third kappa shape index (κ3) is 3.02. The summed E-state index contributed by atoms with van der Waals surface area (Å²) < 4.78 is 1.45. The van der Waals surface area contributed by atoms with Gasteiger partial charge in [0.05, 0.1) is 5.56 Å². The van der Waals surface area contributed by atoms with Gasteiger partial charge in [0.2, 0.25) is 0 Å². The molecule has 106 valence electrons. The molecule has 2 aromatic heterocycles. The van der Waals surface area contributed by atoms with Crippen molar-refractivity contribution in [3.05, 3.63) is 33.3 Å². The van der Waals surface area contributed by atoms with Crippen LogP contribution in [0.4, 0.5) is 0 Å². The van der Waals surface area contributed by atoms with Gasteiger partial charge in [-0.25, -0.2) is 19.7 Å². The van der Waals surface area contributed by atoms with Crippen molar-refractivity contribution in [2.24, 2.45) is 0 Å². The van der Waals surface area contributed by atoms with E-state index >= 15 is 0 Å². The van der Waals surface area contributed by atoms with Crippen molar-refractivity contribution >= 4 is 29.3 Å². The molecule has 2 heterocycles. The molecule has 2 aromatic rings. The summed E-state index contributed by atoms with van der Waals surface area (Å²) in [5.74, 6) is -1.10. The molecule has 0 radical (unpaired) electrons. The molecule has 0 atom stereocenters. The van der Waals surface area contributed by atoms with Gasteiger partial charge in [0.1, 0.15) is 10.2 Å². The zero-order valence-corrected chi connectivity index (χ0v) is 12.2. The van der Waals surface area contributed by atoms with Crippen LogP contribution in [0.15, 0.2) is 27.1 Å². The lowest BCUT2D eigenvalue weighted by molar-refractivity contribution is 0.0696. The van der Waals surface area contributed by atoms with Crippen molar-refractivity contribution in [2.75, 3.05) is 0 Å². The highest BCUT2D eigenvalue weighted by atomic mass is 35.5. The van der Waals surface area contributed by atoms with E-state index in [0.717, 1.165) is 11.8 Å². The molecule has 0 aromatic carbocycles. The maximum Gasteiger partial charge on any atom is 0.344 e. The van der Waals surface area contributed by atoms with Gasteiger partial charge in [0.15, 0.2) is 5.16 Å². The van der Waals surface area contributed by atoms with E-state index in [1.54, 1.807) is 0 Å². The van der Waals surface area contributed by atoms with Crippen molar-refractivity contribution in [3.63, 3.8) is 0 Å². The number of hydrogen-bond donors (Lipinski definition) is 2. The normalized spacial score (nSPS) is 11.0. The Morgan fingerprint density at radius 1 is 1.50 bits per heavy atom. The number of aromatic nitrogens is 4. The van der Waals surface area contributed by atoms with Crippen LogP contribution in [0.5, 0.6) is 0 Å². The van der Waals surface area contributed by atoms with Gasteiger partial charge in [-0.2, -0.15) is 0 Å². The van der Waals surface area contributed by atoms with Crippen LogP contribution < -0.4 is 5.69 Å². The summed E-state index contributed by atoms with van der Waals surface area (Å²) in [4.78, 5) is 26.6. The van der Waals surface area contributed by atoms with E-state index in [9.17, 15) is 9.59 Å². The Hall–Kier alpha value is -1.80. The van der Waals surface area contributed by atoms with Crippen LogP contribution in [0.3, 0.4) is 0 Å². The number of pyridine rings is 1. The zero-order chi connectivity index (χ0) is 14.9. The molecule has 0 aliphatic heterocycles. The second-order valence-corrected chi connectivity index (χ2v) is 5.57. The third-order valence-corrected chi connectivity index (χ3v) is 3.48. The largest absolute Gasteiger partial charge is 0.478 e. The lowest BCUT2D eigenvalue weighted by atomic mass is 10.3. The zero-order valence-electron chi connectivity index (χ0n) is 10.6. The van der Waals surface area contributed by atoms with E-state index in [2.05, 4.69) is 15.2 Å². The second kappa shape index (κ2) is 5.68. The summed E-state index contributed by atoms with van der Waals surface area (Å²) in [5, 5.41) is 16.0. The third-order valence-electron chi connectivity index (χ3n) is 2.40. The number of halogens is 1. The Morgan fingerprint density at radius 2 is 2.20 bits per heavy atom. The minimum atomic E-state index is -1.10. The molecule has 9 heteroatoms. The molecule has 0 saturated carbocycles. The first-order valence-electron chi connectivity index (χ1n) is 5.64. The summed E-state index contributed by atoms with van der Waals surface area (Å²) in [6.07, 6.45) is 0. The van der Waals surface area contributed by atoms with Gasteiger partial charge in [-0.3, -0.25) is 4.57 Å². The van der Waals surface area contributed by atoms with Gasteiger partial charge < -0.3 is 5.11 Å². The molecular formula is C11H11ClN4O3S. The van der Waals surface area contributed by atoms with Crippen molar-refractivity contribution in [2.45, 2.75) is 30.1 Å². The van der Waals surface area contributed by atoms with Gasteiger partial charge in [-0.15, -0.1) is 5.10 Å². The maximum atomic E-state index is 11.6. The quantitative estimate of drug-likeness (QED) is 0.838. The Morgan fingerprint density at radius 3 is 2.80 bits per heavy atom. The Labute approximate surface area is 123 Å². The first-order chi connectivity index (χ1) is 9.38. The van der Waals surface area contributed by atoms with Crippen LogP contribution in [-0.2, 0) is 0 Å². The Kier molecular flexibility index (Phi) is 4.15. The van der Waals surface area contributed by atoms with Crippen molar-refractivity contribution in [1.29, 1.82) is 0 Å². The van der Waals surface area contributed by atoms with Crippen LogP contribution in [-0.4, -0.2) is 30.8 Å². The standard InChI is InChI=1S/C11H11ClN4O3S/c1-5(2)16-10(19)14-15-11(16)20-8-4-6(9(17)18)3-7(12)13-8/h3-5H,1-2H3,(H,14,19)(H,17,18). The van der Waals surface area contributed by atoms with Crippen molar-refractivity contribution in [3.8, 4) is 0 Å². The first-order valence-corrected chi connectivity index (χ1v) is 6.83. The van der Waals surface area contributed by atoms with Crippen LogP contribution in [0.1, 0.15) is 30.2 Å². The van der Waals surface area contributed by atoms with E-state index in [-0.39, 0.29) is 22.4 Å². The minimum absolute atomic E-state index is 0.0291. The highest BCUT2D eigenvalue weighted by Crippen LogP contribution is 2.27. The molecule has 0 amide bonds. The number of hydrogen-bond acceptors (Lipinski definition) is 5. The summed E-state index contributed by atoms with van der Waals surface area (Å²) >= 11 is 6.85. The van der Waals surface area contributed by atoms with E-state index in [1.807, 2.05) is 13.8 Å². The monoisotopic (exact) mass is 314 g/mol. The van der Waals surface area contributed by atoms with Crippen molar-refractivity contribution in [1.82, 2.24) is 19.7 Å². The molecule has 0 saturated heterocycles. The maximum absolute atomic E-state index is 11.6. The molecule has 2 N–H and O–H groups in total. The summed E-state index contributed by atoms with van der Waals surface area (Å²) in [7, 11) is 0. The summed E-state index contributed by atoms with van der Waals surface area (Å²) in [6, 6.07) is 2.55. The molecule has 20 heavy (non-hydrogen) atoms. The number of aromatic amines is 1. The van der Waals surface area contributed by atoms with E-state index in [1.165, 1.54) is 16.7 Å². The average molecular weight is 315 g/mol. The predicted molar refractivity (Wildman–Crippen MR) is 73.6 cm³/mol. The number of nitrogens with zero attached hydrogens (tertiary/aromatic N) is 3. The second-order valence-electron chi connectivity index (χ2n) is 4.20. The van der Waals surface area contributed by atoms with E-state index in [0.29, 0.717) is 10.2 Å². The topological polar surface area (TPSA) is 101 Å². The lowest BCUT2D eigenvalue weighted by Gasteiger charge is -2.08. The van der Waals surface area contributed by atoms with Crippen LogP contribution in [0, 0.1) is 0 Å². The van der Waals surface area contributed by atoms with Crippen LogP contribution in [0.25, 0.3) is 0 Å². The van der Waals surface area contributed by atoms with Gasteiger partial charge in [-0.1, -0.05) is 11.6 Å². The molecular weight excluding hydrogens is 304 g/mol. The molecule has 0 bridgehead atoms. The summed E-state index contributed by atoms with van der Waals surface area (Å²) in [6.45, 7) is 3.68. The SMILES string of the molecule is CC(C)n1c(Sc2cc(C(=O)O)cc(Cl)n2)n[nH]c1=O. The predicted octanol–water partition coefficient (Wildman–Crippen LogP) is 2.05. The Bertz CT molecular complexity index is 710. The van der Waals surface area contributed by atoms with Gasteiger partial charge >= 0.3 is 11.7 Å². The number of aromatic carboxylic acids is 1. The fourth-order valence-electron chi connectivity index (χ4n) is 1.56. The van der Waals surface area contributed by atoms with E-state index in [4.69, 9.17) is 16.7 Å². The highest BCUT2D eigenvalue weighted by molar-refractivity contribution is 7.99. The molecule has 0 aliphatic carbocycles. The van der Waals surface area contributed by atoms with Gasteiger partial charge in [0.25, 0.3) is 0 Å². The molecule has 0 unspecified atom stereocenters. The number of carbonyl (C=O) groups is 1. The Balaban J connectivity index is 2.40. The smallest absolute Gasteiger partial charge is 0.344 e. The van der Waals surface area contributed by atoms with E-state index < -0.39 is 5.97 Å². The molecule has 0 aliphatic rings. The lowest BCUT2D eigenvalue weighted by Crippen LogP contribution is -2.19. The molecule has 7 nitrogen and oxygen atoms in total. The molecule has 2 rings (SSSR count). The minimum Gasteiger partial charge on any atom is -0.478 e. The van der Waals surface area contributed by atoms with Crippen LogP contribution in [0.2, 0.25) is 5.15 Å². The van der Waals surface area contributed by atoms with Crippen LogP contribution >= 0.6 is 23.4 Å². The highest BCUT2D eigenvalue weighted by Gasteiger charge is 2.15. The summed E-state index contributed by atoms with van der Waals surface area (Å²) in [5.41, 5.74) is -0.301. The fourth-order valence-corrected chi connectivity index (χ4v) is 2.82. The number of carboxylic acids is 1. The number of nitrogens with one attached hydrogen (secondary N) is 1. The average Bonchev–Trinajstić information content (AvgIpc) is 2.69. The van der Waals surface area contributed by atoms with Gasteiger partial charge in [-0.05, 0) is 37.7 Å².